The molecule has 0 fully saturated rings. The van der Waals surface area contributed by atoms with Crippen molar-refractivity contribution in [2.75, 3.05) is 27.2 Å². The fraction of sp³-hybridized carbons (Fsp3) is 0.450. The van der Waals surface area contributed by atoms with Crippen LogP contribution in [0.1, 0.15) is 27.9 Å². The van der Waals surface area contributed by atoms with Crippen LogP contribution in [0, 0.1) is 0 Å². The minimum atomic E-state index is -4.40. The molecule has 0 bridgehead atoms. The highest BCUT2D eigenvalue weighted by atomic mass is 127. The zero-order valence-corrected chi connectivity index (χ0v) is 20.8. The summed E-state index contributed by atoms with van der Waals surface area (Å²) in [7, 11) is 3.29. The number of amides is 1. The molecule has 0 aliphatic carbocycles. The molecule has 0 aliphatic rings. The van der Waals surface area contributed by atoms with E-state index in [-0.39, 0.29) is 43.0 Å². The highest BCUT2D eigenvalue weighted by Crippen LogP contribution is 2.29. The van der Waals surface area contributed by atoms with E-state index in [1.807, 2.05) is 6.20 Å². The van der Waals surface area contributed by atoms with Crippen molar-refractivity contribution in [1.29, 1.82) is 0 Å². The summed E-state index contributed by atoms with van der Waals surface area (Å²) < 4.78 is 38.7. The van der Waals surface area contributed by atoms with Crippen molar-refractivity contribution < 1.29 is 18.0 Å². The van der Waals surface area contributed by atoms with Crippen LogP contribution in [0.4, 0.5) is 13.2 Å². The second-order valence-electron chi connectivity index (χ2n) is 6.76. The summed E-state index contributed by atoms with van der Waals surface area (Å²) in [6.45, 7) is 2.67. The Hall–Kier alpha value is -1.89. The minimum absolute atomic E-state index is 0. The number of nitrogens with one attached hydrogen (secondary N) is 2. The number of benzene rings is 1. The molecule has 0 saturated heterocycles. The number of aromatic nitrogens is 1. The predicted molar refractivity (Wildman–Crippen MR) is 128 cm³/mol. The van der Waals surface area contributed by atoms with Gasteiger partial charge in [0.05, 0.1) is 23.7 Å². The Kier molecular flexibility index (Phi) is 11.2. The largest absolute Gasteiger partial charge is 0.416 e. The van der Waals surface area contributed by atoms with Crippen LogP contribution in [0.3, 0.4) is 0 Å². The van der Waals surface area contributed by atoms with Crippen LogP contribution in [-0.4, -0.2) is 48.9 Å². The summed E-state index contributed by atoms with van der Waals surface area (Å²) in [5, 5.41) is 7.03. The summed E-state index contributed by atoms with van der Waals surface area (Å²) >= 11 is 1.64. The highest BCUT2D eigenvalue weighted by Gasteiger charge is 2.30. The lowest BCUT2D eigenvalue weighted by Gasteiger charge is -2.15. The van der Waals surface area contributed by atoms with Gasteiger partial charge in [-0.3, -0.25) is 4.79 Å². The Labute approximate surface area is 201 Å². The number of aliphatic imine (C=N–C) groups is 1. The average molecular weight is 569 g/mol. The van der Waals surface area contributed by atoms with Gasteiger partial charge in [-0.05, 0) is 24.1 Å². The Morgan fingerprint density at radius 3 is 2.61 bits per heavy atom. The topological polar surface area (TPSA) is 69.6 Å². The lowest BCUT2D eigenvalue weighted by molar-refractivity contribution is -0.137. The van der Waals surface area contributed by atoms with E-state index < -0.39 is 11.7 Å². The van der Waals surface area contributed by atoms with Crippen molar-refractivity contribution in [3.63, 3.8) is 0 Å². The third kappa shape index (κ3) is 9.42. The number of halogens is 4. The van der Waals surface area contributed by atoms with Gasteiger partial charge >= 0.3 is 6.18 Å². The molecule has 1 amide bonds. The van der Waals surface area contributed by atoms with E-state index >= 15 is 0 Å². The first-order valence-corrected chi connectivity index (χ1v) is 10.3. The molecule has 1 aromatic carbocycles. The number of alkyl halides is 3. The van der Waals surface area contributed by atoms with Crippen molar-refractivity contribution in [3.05, 3.63) is 51.5 Å². The third-order valence-electron chi connectivity index (χ3n) is 4.16. The van der Waals surface area contributed by atoms with E-state index in [9.17, 15) is 18.0 Å². The number of likely N-dealkylation sites (N-methyl/N-ethyl adjacent to an activating group) is 1. The van der Waals surface area contributed by atoms with Gasteiger partial charge in [0.1, 0.15) is 0 Å². The number of rotatable bonds is 8. The number of guanidine groups is 1. The zero-order chi connectivity index (χ0) is 22.1. The number of aryl methyl sites for hydroxylation is 1. The Morgan fingerprint density at radius 2 is 2.00 bits per heavy atom. The van der Waals surface area contributed by atoms with Crippen molar-refractivity contribution in [3.8, 4) is 0 Å². The van der Waals surface area contributed by atoms with Crippen LogP contribution in [0.25, 0.3) is 0 Å². The molecule has 6 nitrogen and oxygen atoms in total. The molecule has 31 heavy (non-hydrogen) atoms. The summed E-state index contributed by atoms with van der Waals surface area (Å²) in [4.78, 5) is 23.2. The summed E-state index contributed by atoms with van der Waals surface area (Å²) in [5.74, 6) is 0.214. The molecule has 2 aromatic rings. The monoisotopic (exact) mass is 569 g/mol. The molecule has 0 saturated carbocycles. The van der Waals surface area contributed by atoms with Gasteiger partial charge in [-0.1, -0.05) is 19.1 Å². The molecule has 0 unspecified atom stereocenters. The molecule has 0 spiro atoms. The van der Waals surface area contributed by atoms with Gasteiger partial charge in [-0.2, -0.15) is 13.2 Å². The molecule has 1 aromatic heterocycles. The normalized spacial score (nSPS) is 11.6. The summed E-state index contributed by atoms with van der Waals surface area (Å²) in [6.07, 6.45) is -0.932. The van der Waals surface area contributed by atoms with Crippen LogP contribution in [-0.2, 0) is 30.4 Å². The maximum Gasteiger partial charge on any atom is 0.416 e. The molecule has 11 heteroatoms. The van der Waals surface area contributed by atoms with Crippen molar-refractivity contribution in [2.24, 2.45) is 4.99 Å². The first kappa shape index (κ1) is 27.1. The van der Waals surface area contributed by atoms with Crippen molar-refractivity contribution >= 4 is 47.2 Å². The SMILES string of the molecule is CCc1cnc(CCNC(=NCc2cccc(C(F)(F)F)c2)NCC(=O)N(C)C)s1.I. The highest BCUT2D eigenvalue weighted by molar-refractivity contribution is 14.0. The molecule has 1 heterocycles. The number of carbonyl (C=O) groups excluding carboxylic acids is 1. The molecule has 2 N–H and O–H groups in total. The minimum Gasteiger partial charge on any atom is -0.356 e. The van der Waals surface area contributed by atoms with Gasteiger partial charge < -0.3 is 15.5 Å². The zero-order valence-electron chi connectivity index (χ0n) is 17.6. The molecular weight excluding hydrogens is 542 g/mol. The van der Waals surface area contributed by atoms with Crippen molar-refractivity contribution in [1.82, 2.24) is 20.5 Å². The van der Waals surface area contributed by atoms with Crippen LogP contribution in [0.15, 0.2) is 35.5 Å². The van der Waals surface area contributed by atoms with E-state index in [1.54, 1.807) is 31.5 Å². The van der Waals surface area contributed by atoms with Crippen LogP contribution < -0.4 is 10.6 Å². The summed E-state index contributed by atoms with van der Waals surface area (Å²) in [6, 6.07) is 5.05. The third-order valence-corrected chi connectivity index (χ3v) is 5.36. The fourth-order valence-corrected chi connectivity index (χ4v) is 3.28. The van der Waals surface area contributed by atoms with Crippen LogP contribution in [0.5, 0.6) is 0 Å². The molecule has 2 rings (SSSR count). The van der Waals surface area contributed by atoms with Gasteiger partial charge in [-0.25, -0.2) is 9.98 Å². The van der Waals surface area contributed by atoms with E-state index in [0.717, 1.165) is 23.6 Å². The van der Waals surface area contributed by atoms with Gasteiger partial charge in [0.2, 0.25) is 5.91 Å². The van der Waals surface area contributed by atoms with E-state index in [4.69, 9.17) is 0 Å². The first-order chi connectivity index (χ1) is 14.2. The van der Waals surface area contributed by atoms with Gasteiger partial charge in [0, 0.05) is 38.1 Å². The van der Waals surface area contributed by atoms with E-state index in [0.29, 0.717) is 24.5 Å². The molecule has 172 valence electrons. The molecule has 0 atom stereocenters. The van der Waals surface area contributed by atoms with E-state index in [2.05, 4.69) is 27.5 Å². The van der Waals surface area contributed by atoms with Crippen molar-refractivity contribution in [2.45, 2.75) is 32.5 Å². The standard InChI is InChI=1S/C20H26F3N5OS.HI/c1-4-16-12-25-17(30-16)8-9-24-19(27-13-18(29)28(2)3)26-11-14-6-5-7-15(10-14)20(21,22)23;/h5-7,10,12H,4,8-9,11,13H2,1-3H3,(H2,24,26,27);1H. The maximum absolute atomic E-state index is 12.9. The van der Waals surface area contributed by atoms with Crippen LogP contribution in [0.2, 0.25) is 0 Å². The molecule has 0 radical (unpaired) electrons. The smallest absolute Gasteiger partial charge is 0.356 e. The second-order valence-corrected chi connectivity index (χ2v) is 7.96. The Bertz CT molecular complexity index is 870. The number of carbonyl (C=O) groups is 1. The Balaban J connectivity index is 0.00000480. The summed E-state index contributed by atoms with van der Waals surface area (Å²) in [5.41, 5.74) is -0.284. The fourth-order valence-electron chi connectivity index (χ4n) is 2.42. The quantitative estimate of drug-likeness (QED) is 0.289. The lowest BCUT2D eigenvalue weighted by atomic mass is 10.1. The predicted octanol–water partition coefficient (Wildman–Crippen LogP) is 3.71. The lowest BCUT2D eigenvalue weighted by Crippen LogP contribution is -2.43. The second kappa shape index (κ2) is 12.8. The molecule has 0 aliphatic heterocycles. The molecular formula is C20H27F3IN5OS. The van der Waals surface area contributed by atoms with Gasteiger partial charge in [-0.15, -0.1) is 35.3 Å². The van der Waals surface area contributed by atoms with E-state index in [1.165, 1.54) is 15.8 Å². The number of hydrogen-bond acceptors (Lipinski definition) is 4. The van der Waals surface area contributed by atoms with Gasteiger partial charge in [0.25, 0.3) is 0 Å². The Morgan fingerprint density at radius 1 is 1.26 bits per heavy atom. The number of hydrogen-bond donors (Lipinski definition) is 2. The van der Waals surface area contributed by atoms with Gasteiger partial charge in [0.15, 0.2) is 5.96 Å². The van der Waals surface area contributed by atoms with Crippen LogP contribution >= 0.6 is 35.3 Å². The number of nitrogens with zero attached hydrogens (tertiary/aromatic N) is 3. The maximum atomic E-state index is 12.9. The average Bonchev–Trinajstić information content (AvgIpc) is 3.16. The first-order valence-electron chi connectivity index (χ1n) is 9.51. The number of thiazole rings is 1.